The van der Waals surface area contributed by atoms with Crippen molar-refractivity contribution in [3.63, 3.8) is 0 Å². The minimum atomic E-state index is -1.03. The van der Waals surface area contributed by atoms with Crippen LogP contribution in [0.5, 0.6) is 0 Å². The van der Waals surface area contributed by atoms with E-state index in [1.165, 1.54) is 0 Å². The van der Waals surface area contributed by atoms with Crippen LogP contribution < -0.4 is 0 Å². The average Bonchev–Trinajstić information content (AvgIpc) is 1.96. The van der Waals surface area contributed by atoms with Gasteiger partial charge in [0, 0.05) is 0 Å². The van der Waals surface area contributed by atoms with Gasteiger partial charge in [-0.3, -0.25) is 0 Å². The zero-order chi connectivity index (χ0) is 7.61. The third-order valence-electron chi connectivity index (χ3n) is 2.03. The summed E-state index contributed by atoms with van der Waals surface area (Å²) in [6.45, 7) is 0. The van der Waals surface area contributed by atoms with E-state index >= 15 is 0 Å². The fourth-order valence-electron chi connectivity index (χ4n) is 1.28. The highest BCUT2D eigenvalue weighted by Gasteiger charge is 2.35. The molecule has 1 nitrogen and oxygen atoms in total. The van der Waals surface area contributed by atoms with Gasteiger partial charge in [0.25, 0.3) is 0 Å². The van der Waals surface area contributed by atoms with E-state index in [1.54, 1.807) is 0 Å². The predicted octanol–water partition coefficient (Wildman–Crippen LogP) is 1.53. The Morgan fingerprint density at radius 3 is 2.70 bits per heavy atom. The highest BCUT2D eigenvalue weighted by atomic mass is 35.5. The van der Waals surface area contributed by atoms with Gasteiger partial charge in [0.15, 0.2) is 0 Å². The topological polar surface area (TPSA) is 20.2 Å². The lowest BCUT2D eigenvalue weighted by molar-refractivity contribution is 0.0655. The van der Waals surface area contributed by atoms with Crippen molar-refractivity contribution in [1.82, 2.24) is 0 Å². The summed E-state index contributed by atoms with van der Waals surface area (Å²) in [6.07, 6.45) is 8.70. The van der Waals surface area contributed by atoms with Crippen LogP contribution in [0, 0.1) is 12.3 Å². The fourth-order valence-corrected chi connectivity index (χ4v) is 1.60. The van der Waals surface area contributed by atoms with E-state index in [4.69, 9.17) is 18.0 Å². The van der Waals surface area contributed by atoms with Crippen molar-refractivity contribution < 1.29 is 5.11 Å². The molecule has 0 aromatic heterocycles. The molecule has 10 heavy (non-hydrogen) atoms. The van der Waals surface area contributed by atoms with Crippen LogP contribution in [0.25, 0.3) is 0 Å². The van der Waals surface area contributed by atoms with Crippen molar-refractivity contribution in [3.05, 3.63) is 0 Å². The van der Waals surface area contributed by atoms with Crippen LogP contribution in [0.2, 0.25) is 0 Å². The monoisotopic (exact) mass is 158 g/mol. The summed E-state index contributed by atoms with van der Waals surface area (Å²) in [5.41, 5.74) is -1.03. The Morgan fingerprint density at radius 2 is 2.30 bits per heavy atom. The van der Waals surface area contributed by atoms with Gasteiger partial charge in [0.2, 0.25) is 0 Å². The molecule has 1 N–H and O–H groups in total. The summed E-state index contributed by atoms with van der Waals surface area (Å²) in [6, 6.07) is 0. The summed E-state index contributed by atoms with van der Waals surface area (Å²) >= 11 is 5.83. The van der Waals surface area contributed by atoms with Crippen LogP contribution in [0.1, 0.15) is 25.7 Å². The molecular weight excluding hydrogens is 148 g/mol. The number of terminal acetylenes is 1. The second kappa shape index (κ2) is 2.82. The van der Waals surface area contributed by atoms with Crippen molar-refractivity contribution in [2.24, 2.45) is 0 Å². The zero-order valence-corrected chi connectivity index (χ0v) is 6.56. The molecule has 56 valence electrons. The van der Waals surface area contributed by atoms with Crippen LogP contribution in [-0.4, -0.2) is 16.1 Å². The largest absolute Gasteiger partial charge is 0.376 e. The first-order chi connectivity index (χ1) is 4.69. The number of hydrogen-bond donors (Lipinski definition) is 1. The summed E-state index contributed by atoms with van der Waals surface area (Å²) in [7, 11) is 0. The number of rotatable bonds is 0. The lowest BCUT2D eigenvalue weighted by Gasteiger charge is -2.31. The summed E-state index contributed by atoms with van der Waals surface area (Å²) in [5.74, 6) is 2.35. The van der Waals surface area contributed by atoms with Gasteiger partial charge in [0.1, 0.15) is 5.60 Å². The molecule has 0 radical (unpaired) electrons. The van der Waals surface area contributed by atoms with E-state index in [0.717, 1.165) is 19.3 Å². The highest BCUT2D eigenvalue weighted by molar-refractivity contribution is 6.21. The molecule has 2 atom stereocenters. The van der Waals surface area contributed by atoms with E-state index in [2.05, 4.69) is 5.92 Å². The van der Waals surface area contributed by atoms with Crippen molar-refractivity contribution in [2.45, 2.75) is 36.7 Å². The van der Waals surface area contributed by atoms with Gasteiger partial charge in [-0.25, -0.2) is 0 Å². The lowest BCUT2D eigenvalue weighted by Crippen LogP contribution is -2.39. The maximum Gasteiger partial charge on any atom is 0.141 e. The molecule has 0 unspecified atom stereocenters. The normalized spacial score (nSPS) is 40.7. The molecule has 0 saturated heterocycles. The number of hydrogen-bond acceptors (Lipinski definition) is 1. The van der Waals surface area contributed by atoms with E-state index in [-0.39, 0.29) is 5.38 Å². The molecule has 1 saturated carbocycles. The van der Waals surface area contributed by atoms with Crippen molar-refractivity contribution in [3.8, 4) is 12.3 Å². The molecule has 0 aromatic carbocycles. The summed E-state index contributed by atoms with van der Waals surface area (Å²) in [5, 5.41) is 9.34. The van der Waals surface area contributed by atoms with Crippen LogP contribution >= 0.6 is 11.6 Å². The predicted molar refractivity (Wildman–Crippen MR) is 41.9 cm³/mol. The maximum absolute atomic E-state index is 9.58. The molecule has 0 bridgehead atoms. The Bertz CT molecular complexity index is 161. The van der Waals surface area contributed by atoms with Crippen LogP contribution in [-0.2, 0) is 0 Å². The third kappa shape index (κ3) is 1.28. The van der Waals surface area contributed by atoms with E-state index in [1.807, 2.05) is 0 Å². The minimum Gasteiger partial charge on any atom is -0.376 e. The SMILES string of the molecule is C#C[C@]1(O)CCCC[C@@H]1Cl. The molecule has 0 spiro atoms. The number of alkyl halides is 1. The molecule has 2 heteroatoms. The van der Waals surface area contributed by atoms with Crippen LogP contribution in [0.15, 0.2) is 0 Å². The molecule has 0 heterocycles. The third-order valence-corrected chi connectivity index (χ3v) is 2.61. The van der Waals surface area contributed by atoms with E-state index in [9.17, 15) is 5.11 Å². The Kier molecular flexibility index (Phi) is 2.23. The van der Waals surface area contributed by atoms with E-state index < -0.39 is 5.60 Å². The number of halogens is 1. The fraction of sp³-hybridized carbons (Fsp3) is 0.750. The first kappa shape index (κ1) is 7.91. The summed E-state index contributed by atoms with van der Waals surface area (Å²) < 4.78 is 0. The van der Waals surface area contributed by atoms with Gasteiger partial charge in [-0.2, -0.15) is 0 Å². The molecule has 1 rings (SSSR count). The van der Waals surface area contributed by atoms with Gasteiger partial charge in [-0.15, -0.1) is 18.0 Å². The maximum atomic E-state index is 9.58. The number of aliphatic hydroxyl groups is 1. The molecule has 1 aliphatic carbocycles. The highest BCUT2D eigenvalue weighted by Crippen LogP contribution is 2.31. The van der Waals surface area contributed by atoms with Gasteiger partial charge >= 0.3 is 0 Å². The summed E-state index contributed by atoms with van der Waals surface area (Å²) in [4.78, 5) is 0. The van der Waals surface area contributed by atoms with Gasteiger partial charge in [0.05, 0.1) is 5.38 Å². The van der Waals surface area contributed by atoms with Crippen LogP contribution in [0.4, 0.5) is 0 Å². The Hall–Kier alpha value is -0.190. The lowest BCUT2D eigenvalue weighted by atomic mass is 9.85. The van der Waals surface area contributed by atoms with E-state index in [0.29, 0.717) is 6.42 Å². The Morgan fingerprint density at radius 1 is 1.60 bits per heavy atom. The molecular formula is C8H11ClO. The first-order valence-electron chi connectivity index (χ1n) is 3.53. The Labute approximate surface area is 66.4 Å². The second-order valence-corrected chi connectivity index (χ2v) is 3.31. The Balaban J connectivity index is 2.65. The van der Waals surface area contributed by atoms with Crippen molar-refractivity contribution in [2.75, 3.05) is 0 Å². The second-order valence-electron chi connectivity index (χ2n) is 2.78. The van der Waals surface area contributed by atoms with Crippen molar-refractivity contribution in [1.29, 1.82) is 0 Å². The first-order valence-corrected chi connectivity index (χ1v) is 3.97. The smallest absolute Gasteiger partial charge is 0.141 e. The van der Waals surface area contributed by atoms with Gasteiger partial charge in [-0.1, -0.05) is 12.3 Å². The van der Waals surface area contributed by atoms with Crippen LogP contribution in [0.3, 0.4) is 0 Å². The van der Waals surface area contributed by atoms with Crippen molar-refractivity contribution >= 4 is 11.6 Å². The molecule has 0 amide bonds. The minimum absolute atomic E-state index is 0.244. The zero-order valence-electron chi connectivity index (χ0n) is 5.81. The van der Waals surface area contributed by atoms with Gasteiger partial charge < -0.3 is 5.11 Å². The van der Waals surface area contributed by atoms with Gasteiger partial charge in [-0.05, 0) is 19.3 Å². The molecule has 0 aliphatic heterocycles. The standard InChI is InChI=1S/C8H11ClO/c1-2-8(10)6-4-3-5-7(8)9/h1,7,10H,3-6H2/t7-,8-/m0/s1. The quantitative estimate of drug-likeness (QED) is 0.419. The molecule has 0 aromatic rings. The average molecular weight is 159 g/mol. The molecule has 1 aliphatic rings. The molecule has 1 fully saturated rings.